The van der Waals surface area contributed by atoms with Gasteiger partial charge in [0, 0.05) is 52.8 Å². The fraction of sp³-hybridized carbons (Fsp3) is 0.511. The predicted octanol–water partition coefficient (Wildman–Crippen LogP) is 8.45. The van der Waals surface area contributed by atoms with E-state index in [1.54, 1.807) is 0 Å². The summed E-state index contributed by atoms with van der Waals surface area (Å²) in [7, 11) is 1.38. The Morgan fingerprint density at radius 1 is 0.893 bits per heavy atom. The molecule has 0 saturated carbocycles. The lowest BCUT2D eigenvalue weighted by Gasteiger charge is -2.20. The molecule has 6 heterocycles. The lowest BCUT2D eigenvalue weighted by atomic mass is 9.84. The molecular formula is C45H54N4O7. The fourth-order valence-corrected chi connectivity index (χ4v) is 8.90. The average Bonchev–Trinajstić information content (AvgIpc) is 3.92. The van der Waals surface area contributed by atoms with Crippen molar-refractivity contribution in [1.29, 1.82) is 0 Å². The van der Waals surface area contributed by atoms with Gasteiger partial charge in [-0.3, -0.25) is 14.4 Å². The Hall–Kier alpha value is -5.06. The number of ether oxygens (including phenoxy) is 3. The Bertz CT molecular complexity index is 2100. The largest absolute Gasteiger partial charge is 0.510 e. The highest BCUT2D eigenvalue weighted by Crippen LogP contribution is 2.49. The number of nitrogens with one attached hydrogen (secondary N) is 1. The van der Waals surface area contributed by atoms with Gasteiger partial charge in [-0.2, -0.15) is 0 Å². The number of aliphatic hydroxyl groups is 1. The van der Waals surface area contributed by atoms with Gasteiger partial charge in [0.2, 0.25) is 0 Å². The molecule has 1 fully saturated rings. The van der Waals surface area contributed by atoms with Crippen LogP contribution in [-0.4, -0.2) is 60.5 Å². The number of aliphatic imine (C=N–C) groups is 3. The third-order valence-electron chi connectivity index (χ3n) is 12.3. The summed E-state index contributed by atoms with van der Waals surface area (Å²) >= 11 is 0. The second-order valence-electron chi connectivity index (χ2n) is 15.7. The van der Waals surface area contributed by atoms with Crippen molar-refractivity contribution in [2.24, 2.45) is 32.7 Å². The fourth-order valence-electron chi connectivity index (χ4n) is 8.90. The first-order valence-electron chi connectivity index (χ1n) is 20.4. The molecule has 1 aliphatic carbocycles. The summed E-state index contributed by atoms with van der Waals surface area (Å²) in [5.74, 6) is -2.63. The highest BCUT2D eigenvalue weighted by atomic mass is 16.5. The van der Waals surface area contributed by atoms with Crippen LogP contribution in [0.5, 0.6) is 0 Å². The number of allylic oxidation sites excluding steroid dienone is 10. The van der Waals surface area contributed by atoms with E-state index >= 15 is 0 Å². The maximum Gasteiger partial charge on any atom is 0.321 e. The van der Waals surface area contributed by atoms with Crippen molar-refractivity contribution in [1.82, 2.24) is 5.32 Å². The van der Waals surface area contributed by atoms with Gasteiger partial charge in [-0.25, -0.2) is 15.0 Å². The van der Waals surface area contributed by atoms with Crippen molar-refractivity contribution < 1.29 is 33.7 Å². The van der Waals surface area contributed by atoms with Gasteiger partial charge in [-0.15, -0.1) is 0 Å². The van der Waals surface area contributed by atoms with Crippen molar-refractivity contribution in [3.05, 3.63) is 91.5 Å². The van der Waals surface area contributed by atoms with Crippen molar-refractivity contribution in [3.8, 4) is 0 Å². The molecule has 3 atom stereocenters. The molecule has 0 aromatic rings. The number of cyclic esters (lactones) is 2. The van der Waals surface area contributed by atoms with E-state index in [1.165, 1.54) is 7.11 Å². The Balaban J connectivity index is 1.44. The van der Waals surface area contributed by atoms with E-state index in [-0.39, 0.29) is 49.2 Å². The minimum absolute atomic E-state index is 0.0768. The van der Waals surface area contributed by atoms with Gasteiger partial charge in [0.1, 0.15) is 18.3 Å². The van der Waals surface area contributed by atoms with Crippen LogP contribution in [0.25, 0.3) is 0 Å². The van der Waals surface area contributed by atoms with Gasteiger partial charge < -0.3 is 24.6 Å². The predicted molar refractivity (Wildman–Crippen MR) is 216 cm³/mol. The zero-order chi connectivity index (χ0) is 39.7. The summed E-state index contributed by atoms with van der Waals surface area (Å²) in [5, 5.41) is 15.7. The van der Waals surface area contributed by atoms with Crippen LogP contribution in [0, 0.1) is 17.8 Å². The van der Waals surface area contributed by atoms with E-state index in [0.29, 0.717) is 46.8 Å². The number of carbonyl (C=O) groups is 3. The van der Waals surface area contributed by atoms with E-state index in [0.717, 1.165) is 108 Å². The Morgan fingerprint density at radius 2 is 1.59 bits per heavy atom. The number of nitrogens with zero attached hydrogens (tertiary/aromatic N) is 3. The molecule has 11 nitrogen and oxygen atoms in total. The Labute approximate surface area is 329 Å². The van der Waals surface area contributed by atoms with E-state index in [4.69, 9.17) is 29.2 Å². The van der Waals surface area contributed by atoms with Crippen LogP contribution in [0.15, 0.2) is 106 Å². The van der Waals surface area contributed by atoms with Crippen LogP contribution >= 0.6 is 0 Å². The third kappa shape index (κ3) is 7.44. The third-order valence-corrected chi connectivity index (χ3v) is 12.3. The first kappa shape index (κ1) is 39.2. The monoisotopic (exact) mass is 762 g/mol. The number of fused-ring (bicyclic) bond motifs is 4. The van der Waals surface area contributed by atoms with Crippen LogP contribution in [0.1, 0.15) is 112 Å². The van der Waals surface area contributed by atoms with E-state index in [9.17, 15) is 19.5 Å². The number of carbonyl (C=O) groups excluding carboxylic acids is 3. The summed E-state index contributed by atoms with van der Waals surface area (Å²) in [6.45, 7) is 10.5. The molecule has 0 radical (unpaired) electrons. The molecule has 56 heavy (non-hydrogen) atoms. The highest BCUT2D eigenvalue weighted by Gasteiger charge is 2.49. The quantitative estimate of drug-likeness (QED) is 0.214. The van der Waals surface area contributed by atoms with Crippen LogP contribution in [0.4, 0.5) is 0 Å². The molecule has 1 saturated heterocycles. The van der Waals surface area contributed by atoms with Gasteiger partial charge in [0.15, 0.2) is 0 Å². The molecule has 2 N–H and O–H groups in total. The summed E-state index contributed by atoms with van der Waals surface area (Å²) < 4.78 is 16.9. The van der Waals surface area contributed by atoms with Crippen molar-refractivity contribution >= 4 is 35.0 Å². The number of esters is 3. The van der Waals surface area contributed by atoms with Crippen LogP contribution in [0.2, 0.25) is 0 Å². The molecule has 10 bridgehead atoms. The van der Waals surface area contributed by atoms with Crippen LogP contribution in [0.3, 0.4) is 0 Å². The topological polar surface area (TPSA) is 148 Å². The molecule has 11 heteroatoms. The molecule has 0 spiro atoms. The second-order valence-corrected chi connectivity index (χ2v) is 15.7. The second kappa shape index (κ2) is 16.6. The lowest BCUT2D eigenvalue weighted by Crippen LogP contribution is -2.26. The SMILES string of the molecule is CCC1=C(C)C2=NC1=CC1=C(C)C3=C(O)C4C(=O)OCCCCCCCCCCC(=O)OCC5=C(C)C(=NC5=C2)C=C2NC(=C4C3=N1)[C@@H](CCC(=O)OC)[C@@H]2C. The standard InChI is InChI=1S/C45H54N4O7/c1-7-28-24(2)32-21-36-30-23-56-38(51)16-14-12-10-8-9-11-13-15-19-55-45(53)41-40(43-39(44(41)52)27(5)34(49-43)22-35(28)46-32)42-29(17-18-37(50)54-6)25(3)33(48-42)20-31(47-36)26(30)4/h20-22,25,29,41,48,52H,7-19,23H2,1-6H3/t25-,29-,41?/m0/s1. The summed E-state index contributed by atoms with van der Waals surface area (Å²) in [6.07, 6.45) is 15.3. The number of aliphatic hydroxyl groups excluding tert-OH is 1. The first-order valence-corrected chi connectivity index (χ1v) is 20.4. The lowest BCUT2D eigenvalue weighted by molar-refractivity contribution is -0.147. The van der Waals surface area contributed by atoms with Crippen LogP contribution < -0.4 is 5.32 Å². The molecular weight excluding hydrogens is 709 g/mol. The van der Waals surface area contributed by atoms with E-state index in [2.05, 4.69) is 26.1 Å². The summed E-state index contributed by atoms with van der Waals surface area (Å²) in [4.78, 5) is 55.2. The van der Waals surface area contributed by atoms with Gasteiger partial charge in [-0.1, -0.05) is 52.4 Å². The number of methoxy groups -OCH3 is 1. The van der Waals surface area contributed by atoms with Gasteiger partial charge in [0.25, 0.3) is 0 Å². The first-order chi connectivity index (χ1) is 27.0. The minimum atomic E-state index is -1.09. The summed E-state index contributed by atoms with van der Waals surface area (Å²) in [5.41, 5.74) is 11.3. The minimum Gasteiger partial charge on any atom is -0.510 e. The van der Waals surface area contributed by atoms with Crippen molar-refractivity contribution in [2.75, 3.05) is 20.3 Å². The molecule has 6 aliphatic heterocycles. The summed E-state index contributed by atoms with van der Waals surface area (Å²) in [6, 6.07) is 0. The normalized spacial score (nSPS) is 26.2. The number of rotatable bonds is 4. The van der Waals surface area contributed by atoms with E-state index < -0.39 is 11.9 Å². The van der Waals surface area contributed by atoms with Gasteiger partial charge >= 0.3 is 17.9 Å². The van der Waals surface area contributed by atoms with E-state index in [1.807, 2.05) is 32.1 Å². The Kier molecular flexibility index (Phi) is 11.6. The molecule has 7 aliphatic rings. The molecule has 0 aromatic heterocycles. The number of hydrogen-bond donors (Lipinski definition) is 2. The van der Waals surface area contributed by atoms with Gasteiger partial charge in [0.05, 0.1) is 47.9 Å². The van der Waals surface area contributed by atoms with Crippen molar-refractivity contribution in [3.63, 3.8) is 0 Å². The number of hydrogen-bond acceptors (Lipinski definition) is 11. The molecule has 296 valence electrons. The zero-order valence-electron chi connectivity index (χ0n) is 33.6. The smallest absolute Gasteiger partial charge is 0.321 e. The average molecular weight is 763 g/mol. The highest BCUT2D eigenvalue weighted by molar-refractivity contribution is 6.24. The zero-order valence-corrected chi connectivity index (χ0v) is 33.6. The molecule has 7 rings (SSSR count). The molecule has 1 unspecified atom stereocenters. The maximum atomic E-state index is 14.2. The maximum absolute atomic E-state index is 14.2. The Morgan fingerprint density at radius 3 is 2.32 bits per heavy atom. The van der Waals surface area contributed by atoms with Gasteiger partial charge in [-0.05, 0) is 87.0 Å². The van der Waals surface area contributed by atoms with Crippen molar-refractivity contribution in [2.45, 2.75) is 112 Å². The van der Waals surface area contributed by atoms with Crippen LogP contribution in [-0.2, 0) is 28.6 Å². The molecule has 0 amide bonds. The molecule has 0 aromatic carbocycles.